The van der Waals surface area contributed by atoms with Gasteiger partial charge in [-0.2, -0.15) is 0 Å². The largest absolute Gasteiger partial charge is 0.206 e. The number of halogens is 3. The molecule has 1 atom stereocenters. The van der Waals surface area contributed by atoms with Gasteiger partial charge >= 0.3 is 0 Å². The highest BCUT2D eigenvalue weighted by Gasteiger charge is 2.29. The summed E-state index contributed by atoms with van der Waals surface area (Å²) < 4.78 is 43.6. The van der Waals surface area contributed by atoms with Crippen LogP contribution in [0.3, 0.4) is 0 Å². The first-order valence-electron chi connectivity index (χ1n) is 14.0. The second-order valence-corrected chi connectivity index (χ2v) is 11.2. The predicted molar refractivity (Wildman–Crippen MR) is 148 cm³/mol. The van der Waals surface area contributed by atoms with E-state index in [1.165, 1.54) is 38.5 Å². The normalized spacial score (nSPS) is 22.1. The lowest BCUT2D eigenvalue weighted by molar-refractivity contribution is 0.189. The van der Waals surface area contributed by atoms with Crippen LogP contribution < -0.4 is 0 Å². The highest BCUT2D eigenvalue weighted by Crippen LogP contribution is 2.42. The van der Waals surface area contributed by atoms with E-state index in [0.717, 1.165) is 53.7 Å². The monoisotopic (exact) mass is 502 g/mol. The van der Waals surface area contributed by atoms with E-state index >= 15 is 4.39 Å². The van der Waals surface area contributed by atoms with Crippen molar-refractivity contribution < 1.29 is 13.2 Å². The quantitative estimate of drug-likeness (QED) is 0.314. The molecule has 0 aliphatic heterocycles. The second kappa shape index (κ2) is 11.3. The number of aryl methyl sites for hydroxylation is 1. The zero-order valence-electron chi connectivity index (χ0n) is 22.0. The fourth-order valence-corrected chi connectivity index (χ4v) is 6.55. The summed E-state index contributed by atoms with van der Waals surface area (Å²) in [6.45, 7) is 3.84. The van der Waals surface area contributed by atoms with E-state index in [2.05, 4.69) is 13.0 Å². The van der Waals surface area contributed by atoms with Crippen LogP contribution in [0.5, 0.6) is 0 Å². The van der Waals surface area contributed by atoms with Crippen molar-refractivity contribution >= 4 is 5.57 Å². The molecule has 0 aromatic heterocycles. The number of benzene rings is 3. The maximum atomic E-state index is 15.2. The van der Waals surface area contributed by atoms with Crippen LogP contribution in [0.1, 0.15) is 75.8 Å². The third kappa shape index (κ3) is 5.56. The van der Waals surface area contributed by atoms with Gasteiger partial charge in [-0.05, 0) is 90.7 Å². The van der Waals surface area contributed by atoms with Gasteiger partial charge in [-0.15, -0.1) is 0 Å². The van der Waals surface area contributed by atoms with Crippen LogP contribution in [-0.2, 0) is 0 Å². The maximum Gasteiger partial charge on any atom is 0.166 e. The molecule has 3 aromatic rings. The zero-order chi connectivity index (χ0) is 25.9. The Balaban J connectivity index is 1.26. The fraction of sp³-hybridized carbons (Fsp3) is 0.412. The van der Waals surface area contributed by atoms with E-state index < -0.39 is 11.6 Å². The molecule has 2 aliphatic rings. The van der Waals surface area contributed by atoms with Crippen LogP contribution in [0, 0.1) is 42.1 Å². The molecule has 0 radical (unpaired) electrons. The highest BCUT2D eigenvalue weighted by atomic mass is 19.2. The van der Waals surface area contributed by atoms with Crippen molar-refractivity contribution in [3.8, 4) is 22.3 Å². The van der Waals surface area contributed by atoms with Crippen LogP contribution in [-0.4, -0.2) is 0 Å². The van der Waals surface area contributed by atoms with E-state index in [-0.39, 0.29) is 16.9 Å². The number of rotatable bonds is 6. The van der Waals surface area contributed by atoms with Crippen LogP contribution in [0.4, 0.5) is 13.2 Å². The van der Waals surface area contributed by atoms with Gasteiger partial charge in [0.1, 0.15) is 5.82 Å². The Morgan fingerprint density at radius 3 is 2.03 bits per heavy atom. The van der Waals surface area contributed by atoms with E-state index in [1.807, 2.05) is 24.3 Å². The Labute approximate surface area is 219 Å². The first kappa shape index (κ1) is 25.8. The lowest BCUT2D eigenvalue weighted by Crippen LogP contribution is -2.23. The van der Waals surface area contributed by atoms with Gasteiger partial charge in [-0.25, -0.2) is 13.2 Å². The summed E-state index contributed by atoms with van der Waals surface area (Å²) in [5.41, 5.74) is 4.58. The van der Waals surface area contributed by atoms with E-state index in [4.69, 9.17) is 0 Å². The zero-order valence-corrected chi connectivity index (χ0v) is 22.0. The maximum absolute atomic E-state index is 15.2. The van der Waals surface area contributed by atoms with Crippen molar-refractivity contribution in [2.75, 3.05) is 0 Å². The molecule has 37 heavy (non-hydrogen) atoms. The molecular weight excluding hydrogens is 465 g/mol. The number of hydrogen-bond donors (Lipinski definition) is 0. The standard InChI is InChI=1S/C34H37F3/c1-3-4-23-6-8-24(9-7-23)25-10-14-27(15-11-25)30-20-18-29(21-32(30)35)26-12-16-28(17-13-26)31-19-5-22(2)33(36)34(31)37/h5,12-14,16-21,23-25H,3-4,6-11,15H2,1-2H3. The molecule has 0 N–H and O–H groups in total. The minimum atomic E-state index is -0.838. The van der Waals surface area contributed by atoms with Gasteiger partial charge in [-0.1, -0.05) is 87.2 Å². The number of allylic oxidation sites excluding steroid dienone is 2. The Bertz CT molecular complexity index is 1260. The first-order valence-corrected chi connectivity index (χ1v) is 14.0. The van der Waals surface area contributed by atoms with Crippen molar-refractivity contribution in [2.24, 2.45) is 17.8 Å². The molecule has 1 fully saturated rings. The molecule has 0 amide bonds. The van der Waals surface area contributed by atoms with Crippen LogP contribution in [0.15, 0.2) is 60.7 Å². The van der Waals surface area contributed by atoms with Gasteiger partial charge in [0.25, 0.3) is 0 Å². The molecule has 194 valence electrons. The smallest absolute Gasteiger partial charge is 0.166 e. The van der Waals surface area contributed by atoms with Gasteiger partial charge in [0.05, 0.1) is 0 Å². The van der Waals surface area contributed by atoms with Crippen molar-refractivity contribution in [3.05, 3.63) is 89.3 Å². The Morgan fingerprint density at radius 1 is 0.703 bits per heavy atom. The molecule has 5 rings (SSSR count). The van der Waals surface area contributed by atoms with Gasteiger partial charge in [0.15, 0.2) is 11.6 Å². The van der Waals surface area contributed by atoms with Crippen LogP contribution in [0.25, 0.3) is 27.8 Å². The predicted octanol–water partition coefficient (Wildman–Crippen LogP) is 10.5. The van der Waals surface area contributed by atoms with Crippen molar-refractivity contribution in [3.63, 3.8) is 0 Å². The Morgan fingerprint density at radius 2 is 1.38 bits per heavy atom. The molecule has 0 heterocycles. The summed E-state index contributed by atoms with van der Waals surface area (Å²) in [5.74, 6) is 0.673. The molecule has 2 aliphatic carbocycles. The van der Waals surface area contributed by atoms with Crippen molar-refractivity contribution in [1.82, 2.24) is 0 Å². The third-order valence-corrected chi connectivity index (χ3v) is 8.83. The SMILES string of the molecule is CCCC1CCC(C2CC=C(c3ccc(-c4ccc(-c5ccc(C)c(F)c5F)cc4)cc3F)CC2)CC1. The lowest BCUT2D eigenvalue weighted by Gasteiger charge is -2.35. The molecule has 3 aromatic carbocycles. The summed E-state index contributed by atoms with van der Waals surface area (Å²) in [4.78, 5) is 0. The molecule has 0 saturated heterocycles. The van der Waals surface area contributed by atoms with E-state index in [1.54, 1.807) is 37.3 Å². The molecule has 3 heteroatoms. The molecule has 0 spiro atoms. The Kier molecular flexibility index (Phi) is 7.88. The average molecular weight is 503 g/mol. The van der Waals surface area contributed by atoms with Gasteiger partial charge in [-0.3, -0.25) is 0 Å². The molecule has 0 nitrogen and oxygen atoms in total. The summed E-state index contributed by atoms with van der Waals surface area (Å²) in [7, 11) is 0. The van der Waals surface area contributed by atoms with Crippen LogP contribution in [0.2, 0.25) is 0 Å². The van der Waals surface area contributed by atoms with Crippen molar-refractivity contribution in [2.45, 2.75) is 71.6 Å². The Hall–Kier alpha value is -2.81. The molecular formula is C34H37F3. The van der Waals surface area contributed by atoms with Gasteiger partial charge < -0.3 is 0 Å². The minimum Gasteiger partial charge on any atom is -0.206 e. The third-order valence-electron chi connectivity index (χ3n) is 8.83. The summed E-state index contributed by atoms with van der Waals surface area (Å²) in [6.07, 6.45) is 13.7. The topological polar surface area (TPSA) is 0 Å². The van der Waals surface area contributed by atoms with Crippen LogP contribution >= 0.6 is 0 Å². The van der Waals surface area contributed by atoms with E-state index in [0.29, 0.717) is 11.1 Å². The van der Waals surface area contributed by atoms with Crippen molar-refractivity contribution in [1.29, 1.82) is 0 Å². The second-order valence-electron chi connectivity index (χ2n) is 11.2. The first-order chi connectivity index (χ1) is 17.9. The molecule has 1 saturated carbocycles. The molecule has 0 bridgehead atoms. The summed E-state index contributed by atoms with van der Waals surface area (Å²) in [5, 5.41) is 0. The highest BCUT2D eigenvalue weighted by molar-refractivity contribution is 5.74. The summed E-state index contributed by atoms with van der Waals surface area (Å²) in [6, 6.07) is 15.8. The number of hydrogen-bond acceptors (Lipinski definition) is 0. The van der Waals surface area contributed by atoms with Gasteiger partial charge in [0.2, 0.25) is 0 Å². The average Bonchev–Trinajstić information content (AvgIpc) is 2.93. The molecule has 1 unspecified atom stereocenters. The van der Waals surface area contributed by atoms with Gasteiger partial charge in [0, 0.05) is 11.1 Å². The van der Waals surface area contributed by atoms with E-state index in [9.17, 15) is 8.78 Å². The summed E-state index contributed by atoms with van der Waals surface area (Å²) >= 11 is 0. The minimum absolute atomic E-state index is 0.196. The fourth-order valence-electron chi connectivity index (χ4n) is 6.55. The lowest BCUT2D eigenvalue weighted by atomic mass is 9.70.